The topological polar surface area (TPSA) is 38.7 Å². The lowest BCUT2D eigenvalue weighted by Gasteiger charge is -2.15. The fourth-order valence-corrected chi connectivity index (χ4v) is 1.34. The van der Waals surface area contributed by atoms with Crippen LogP contribution in [0.5, 0.6) is 11.5 Å². The Hall–Kier alpha value is -1.36. The molecule has 0 aliphatic rings. The number of hydrogen-bond donors (Lipinski definition) is 1. The Kier molecular flexibility index (Phi) is 3.47. The van der Waals surface area contributed by atoms with Crippen LogP contribution in [0.4, 0.5) is 8.78 Å². The fourth-order valence-electron chi connectivity index (χ4n) is 1.34. The van der Waals surface area contributed by atoms with Crippen molar-refractivity contribution in [3.05, 3.63) is 23.3 Å². The highest BCUT2D eigenvalue weighted by atomic mass is 19.2. The molecule has 0 aromatic heterocycles. The minimum absolute atomic E-state index is 0.00593. The van der Waals surface area contributed by atoms with Crippen molar-refractivity contribution >= 4 is 0 Å². The van der Waals surface area contributed by atoms with Gasteiger partial charge in [0.05, 0.1) is 25.9 Å². The van der Waals surface area contributed by atoms with Gasteiger partial charge in [-0.15, -0.1) is 0 Å². The van der Waals surface area contributed by atoms with E-state index < -0.39 is 17.7 Å². The largest absolute Gasteiger partial charge is 0.493 e. The van der Waals surface area contributed by atoms with Gasteiger partial charge in [0.15, 0.2) is 23.1 Å². The van der Waals surface area contributed by atoms with Gasteiger partial charge >= 0.3 is 0 Å². The van der Waals surface area contributed by atoms with Crippen molar-refractivity contribution < 1.29 is 23.4 Å². The minimum atomic E-state index is -1.18. The van der Waals surface area contributed by atoms with Gasteiger partial charge in [-0.2, -0.15) is 0 Å². The molecule has 0 heterocycles. The van der Waals surface area contributed by atoms with Gasteiger partial charge in [0, 0.05) is 6.07 Å². The standard InChI is InChI=1S/C10H12F2O3/c1-5(13)8-9(12)6(11)4-7(14-2)10(8)15-3/h4-5,13H,1-3H3. The van der Waals surface area contributed by atoms with Crippen molar-refractivity contribution in [2.24, 2.45) is 0 Å². The van der Waals surface area contributed by atoms with E-state index in [1.807, 2.05) is 0 Å². The van der Waals surface area contributed by atoms with Crippen molar-refractivity contribution in [3.8, 4) is 11.5 Å². The number of aliphatic hydroxyl groups excluding tert-OH is 1. The molecular weight excluding hydrogens is 206 g/mol. The summed E-state index contributed by atoms with van der Waals surface area (Å²) >= 11 is 0. The molecule has 0 saturated heterocycles. The molecule has 3 nitrogen and oxygen atoms in total. The van der Waals surface area contributed by atoms with Crippen molar-refractivity contribution in [2.45, 2.75) is 13.0 Å². The summed E-state index contributed by atoms with van der Waals surface area (Å²) in [7, 11) is 2.60. The van der Waals surface area contributed by atoms with Gasteiger partial charge in [-0.05, 0) is 6.92 Å². The molecule has 1 N–H and O–H groups in total. The summed E-state index contributed by atoms with van der Waals surface area (Å²) in [4.78, 5) is 0. The maximum Gasteiger partial charge on any atom is 0.169 e. The maximum atomic E-state index is 13.3. The Morgan fingerprint density at radius 2 is 1.87 bits per heavy atom. The molecule has 0 aliphatic heterocycles. The summed E-state index contributed by atoms with van der Waals surface area (Å²) in [5.41, 5.74) is -0.241. The zero-order valence-corrected chi connectivity index (χ0v) is 8.67. The molecule has 1 unspecified atom stereocenters. The van der Waals surface area contributed by atoms with Crippen LogP contribution in [0.25, 0.3) is 0 Å². The van der Waals surface area contributed by atoms with Crippen LogP contribution < -0.4 is 9.47 Å². The van der Waals surface area contributed by atoms with Crippen LogP contribution in [-0.2, 0) is 0 Å². The third kappa shape index (κ3) is 2.02. The first kappa shape index (κ1) is 11.7. The molecule has 0 amide bonds. The Morgan fingerprint density at radius 1 is 1.27 bits per heavy atom. The van der Waals surface area contributed by atoms with Gasteiger partial charge in [-0.25, -0.2) is 8.78 Å². The molecule has 1 atom stereocenters. The number of aliphatic hydroxyl groups is 1. The first-order valence-corrected chi connectivity index (χ1v) is 4.30. The summed E-state index contributed by atoms with van der Waals surface area (Å²) < 4.78 is 36.1. The summed E-state index contributed by atoms with van der Waals surface area (Å²) in [6, 6.07) is 0.875. The lowest BCUT2D eigenvalue weighted by molar-refractivity contribution is 0.185. The summed E-state index contributed by atoms with van der Waals surface area (Å²) in [5, 5.41) is 9.32. The van der Waals surface area contributed by atoms with Crippen LogP contribution in [0, 0.1) is 11.6 Å². The van der Waals surface area contributed by atoms with E-state index in [1.54, 1.807) is 0 Å². The van der Waals surface area contributed by atoms with E-state index in [-0.39, 0.29) is 17.1 Å². The highest BCUT2D eigenvalue weighted by Crippen LogP contribution is 2.37. The highest BCUT2D eigenvalue weighted by molar-refractivity contribution is 5.48. The van der Waals surface area contributed by atoms with Crippen LogP contribution in [0.2, 0.25) is 0 Å². The number of methoxy groups -OCH3 is 2. The lowest BCUT2D eigenvalue weighted by atomic mass is 10.1. The molecule has 5 heteroatoms. The smallest absolute Gasteiger partial charge is 0.169 e. The van der Waals surface area contributed by atoms with Gasteiger partial charge in [-0.3, -0.25) is 0 Å². The molecule has 0 spiro atoms. The Bertz CT molecular complexity index is 364. The molecule has 84 valence electrons. The Morgan fingerprint density at radius 3 is 2.27 bits per heavy atom. The van der Waals surface area contributed by atoms with Gasteiger partial charge in [-0.1, -0.05) is 0 Å². The second-order valence-electron chi connectivity index (χ2n) is 3.00. The molecule has 1 aromatic carbocycles. The first-order chi connectivity index (χ1) is 7.02. The van der Waals surface area contributed by atoms with Crippen LogP contribution in [0.1, 0.15) is 18.6 Å². The molecule has 15 heavy (non-hydrogen) atoms. The quantitative estimate of drug-likeness (QED) is 0.843. The van der Waals surface area contributed by atoms with E-state index in [4.69, 9.17) is 9.47 Å². The van der Waals surface area contributed by atoms with E-state index in [0.29, 0.717) is 0 Å². The third-order valence-corrected chi connectivity index (χ3v) is 2.01. The zero-order chi connectivity index (χ0) is 11.6. The predicted octanol–water partition coefficient (Wildman–Crippen LogP) is 2.04. The minimum Gasteiger partial charge on any atom is -0.493 e. The van der Waals surface area contributed by atoms with E-state index >= 15 is 0 Å². The Balaban J connectivity index is 3.49. The maximum absolute atomic E-state index is 13.3. The van der Waals surface area contributed by atoms with Crippen LogP contribution in [0.3, 0.4) is 0 Å². The first-order valence-electron chi connectivity index (χ1n) is 4.30. The molecule has 1 rings (SSSR count). The molecule has 0 bridgehead atoms. The van der Waals surface area contributed by atoms with Crippen LogP contribution >= 0.6 is 0 Å². The molecule has 0 fully saturated rings. The number of benzene rings is 1. The highest BCUT2D eigenvalue weighted by Gasteiger charge is 2.23. The molecule has 0 radical (unpaired) electrons. The average Bonchev–Trinajstić information content (AvgIpc) is 2.20. The second kappa shape index (κ2) is 4.44. The fraction of sp³-hybridized carbons (Fsp3) is 0.400. The summed E-state index contributed by atoms with van der Waals surface area (Å²) in [5.74, 6) is -2.15. The van der Waals surface area contributed by atoms with Crippen molar-refractivity contribution in [1.29, 1.82) is 0 Å². The monoisotopic (exact) mass is 218 g/mol. The SMILES string of the molecule is COc1cc(F)c(F)c(C(C)O)c1OC. The van der Waals surface area contributed by atoms with Crippen molar-refractivity contribution in [3.63, 3.8) is 0 Å². The van der Waals surface area contributed by atoms with E-state index in [1.165, 1.54) is 21.1 Å². The van der Waals surface area contributed by atoms with Crippen LogP contribution in [0.15, 0.2) is 6.07 Å². The Labute approximate surface area is 86.2 Å². The number of hydrogen-bond acceptors (Lipinski definition) is 3. The molecule has 0 saturated carbocycles. The second-order valence-corrected chi connectivity index (χ2v) is 3.00. The summed E-state index contributed by atoms with van der Waals surface area (Å²) in [6.45, 7) is 1.32. The zero-order valence-electron chi connectivity index (χ0n) is 8.67. The lowest BCUT2D eigenvalue weighted by Crippen LogP contribution is -2.05. The van der Waals surface area contributed by atoms with Gasteiger partial charge in [0.1, 0.15) is 0 Å². The normalized spacial score (nSPS) is 12.4. The van der Waals surface area contributed by atoms with E-state index in [2.05, 4.69) is 0 Å². The van der Waals surface area contributed by atoms with Crippen molar-refractivity contribution in [1.82, 2.24) is 0 Å². The number of halogens is 2. The van der Waals surface area contributed by atoms with E-state index in [0.717, 1.165) is 6.07 Å². The molecular formula is C10H12F2O3. The molecule has 0 aliphatic carbocycles. The number of rotatable bonds is 3. The molecule has 1 aromatic rings. The van der Waals surface area contributed by atoms with Gasteiger partial charge in [0.25, 0.3) is 0 Å². The van der Waals surface area contributed by atoms with Crippen LogP contribution in [-0.4, -0.2) is 19.3 Å². The summed E-state index contributed by atoms with van der Waals surface area (Å²) in [6.07, 6.45) is -1.18. The predicted molar refractivity (Wildman–Crippen MR) is 50.1 cm³/mol. The van der Waals surface area contributed by atoms with E-state index in [9.17, 15) is 13.9 Å². The van der Waals surface area contributed by atoms with Gasteiger partial charge < -0.3 is 14.6 Å². The van der Waals surface area contributed by atoms with Crippen molar-refractivity contribution in [2.75, 3.05) is 14.2 Å². The third-order valence-electron chi connectivity index (χ3n) is 2.01. The average molecular weight is 218 g/mol. The van der Waals surface area contributed by atoms with Gasteiger partial charge in [0.2, 0.25) is 0 Å². The number of ether oxygens (including phenoxy) is 2.